The third-order valence-corrected chi connectivity index (χ3v) is 4.44. The van der Waals surface area contributed by atoms with Crippen molar-refractivity contribution in [3.63, 3.8) is 0 Å². The Labute approximate surface area is 109 Å². The van der Waals surface area contributed by atoms with Gasteiger partial charge in [-0.15, -0.1) is 0 Å². The molecular weight excluding hydrogens is 222 g/mol. The minimum Gasteiger partial charge on any atom is -0.370 e. The van der Waals surface area contributed by atoms with E-state index < -0.39 is 0 Å². The highest BCUT2D eigenvalue weighted by Gasteiger charge is 2.17. The standard InChI is InChI=1S/C15H23N3/c1-2-5-12(6-3-1)9-10-16-15-13-7-4-8-14(13)17-11-18-15/h11-12H,1-10H2,(H,16,17,18). The Morgan fingerprint density at radius 3 is 2.83 bits per heavy atom. The van der Waals surface area contributed by atoms with Crippen LogP contribution in [0, 0.1) is 5.92 Å². The molecule has 0 radical (unpaired) electrons. The fourth-order valence-corrected chi connectivity index (χ4v) is 3.38. The molecular formula is C15H23N3. The molecule has 0 saturated heterocycles. The fraction of sp³-hybridized carbons (Fsp3) is 0.733. The molecule has 1 aromatic heterocycles. The topological polar surface area (TPSA) is 37.8 Å². The van der Waals surface area contributed by atoms with Crippen LogP contribution in [0.4, 0.5) is 5.82 Å². The molecule has 3 rings (SSSR count). The zero-order chi connectivity index (χ0) is 12.2. The number of anilines is 1. The maximum absolute atomic E-state index is 4.41. The second kappa shape index (κ2) is 5.68. The van der Waals surface area contributed by atoms with Crippen LogP contribution in [0.25, 0.3) is 0 Å². The normalized spacial score (nSPS) is 19.8. The van der Waals surface area contributed by atoms with Gasteiger partial charge < -0.3 is 5.32 Å². The first-order valence-corrected chi connectivity index (χ1v) is 7.50. The number of hydrogen-bond donors (Lipinski definition) is 1. The van der Waals surface area contributed by atoms with Gasteiger partial charge in [0, 0.05) is 17.8 Å². The van der Waals surface area contributed by atoms with Gasteiger partial charge in [-0.1, -0.05) is 32.1 Å². The first-order valence-electron chi connectivity index (χ1n) is 7.50. The first kappa shape index (κ1) is 11.9. The molecule has 3 heteroatoms. The molecule has 0 atom stereocenters. The molecule has 1 saturated carbocycles. The SMILES string of the molecule is c1nc2c(c(NCCC3CCCCC3)n1)CCC2. The number of aromatic nitrogens is 2. The number of fused-ring (bicyclic) bond motifs is 1. The van der Waals surface area contributed by atoms with E-state index in [-0.39, 0.29) is 0 Å². The van der Waals surface area contributed by atoms with Gasteiger partial charge in [0.2, 0.25) is 0 Å². The highest BCUT2D eigenvalue weighted by atomic mass is 15.0. The summed E-state index contributed by atoms with van der Waals surface area (Å²) in [6, 6.07) is 0. The highest BCUT2D eigenvalue weighted by molar-refractivity contribution is 5.47. The average Bonchev–Trinajstić information content (AvgIpc) is 2.89. The molecule has 1 heterocycles. The van der Waals surface area contributed by atoms with E-state index in [1.165, 1.54) is 56.2 Å². The molecule has 0 amide bonds. The third kappa shape index (κ3) is 2.65. The molecule has 2 aliphatic carbocycles. The van der Waals surface area contributed by atoms with Crippen molar-refractivity contribution >= 4 is 5.82 Å². The van der Waals surface area contributed by atoms with Crippen LogP contribution in [0.5, 0.6) is 0 Å². The summed E-state index contributed by atoms with van der Waals surface area (Å²) in [5.74, 6) is 2.05. The van der Waals surface area contributed by atoms with Crippen LogP contribution in [-0.2, 0) is 12.8 Å². The summed E-state index contributed by atoms with van der Waals surface area (Å²) < 4.78 is 0. The Balaban J connectivity index is 1.52. The number of aryl methyl sites for hydroxylation is 1. The van der Waals surface area contributed by atoms with E-state index in [1.54, 1.807) is 6.33 Å². The zero-order valence-electron chi connectivity index (χ0n) is 11.1. The second-order valence-corrected chi connectivity index (χ2v) is 5.72. The van der Waals surface area contributed by atoms with Gasteiger partial charge in [-0.2, -0.15) is 0 Å². The van der Waals surface area contributed by atoms with E-state index in [0.29, 0.717) is 0 Å². The van der Waals surface area contributed by atoms with Crippen molar-refractivity contribution < 1.29 is 0 Å². The van der Waals surface area contributed by atoms with Crippen LogP contribution in [0.1, 0.15) is 56.2 Å². The number of nitrogens with zero attached hydrogens (tertiary/aromatic N) is 2. The Bertz CT molecular complexity index is 397. The molecule has 98 valence electrons. The molecule has 0 bridgehead atoms. The molecule has 1 aromatic rings. The summed E-state index contributed by atoms with van der Waals surface area (Å²) in [7, 11) is 0. The van der Waals surface area contributed by atoms with Crippen LogP contribution in [0.3, 0.4) is 0 Å². The number of hydrogen-bond acceptors (Lipinski definition) is 3. The van der Waals surface area contributed by atoms with Crippen LogP contribution in [0.15, 0.2) is 6.33 Å². The fourth-order valence-electron chi connectivity index (χ4n) is 3.38. The van der Waals surface area contributed by atoms with Gasteiger partial charge in [0.25, 0.3) is 0 Å². The van der Waals surface area contributed by atoms with E-state index in [9.17, 15) is 0 Å². The molecule has 1 N–H and O–H groups in total. The average molecular weight is 245 g/mol. The molecule has 0 aliphatic heterocycles. The summed E-state index contributed by atoms with van der Waals surface area (Å²) in [6.07, 6.45) is 13.7. The lowest BCUT2D eigenvalue weighted by Gasteiger charge is -2.21. The van der Waals surface area contributed by atoms with Gasteiger partial charge in [0.1, 0.15) is 12.1 Å². The molecule has 18 heavy (non-hydrogen) atoms. The smallest absolute Gasteiger partial charge is 0.132 e. The van der Waals surface area contributed by atoms with Gasteiger partial charge >= 0.3 is 0 Å². The first-order chi connectivity index (χ1) is 8.93. The maximum atomic E-state index is 4.41. The summed E-state index contributed by atoms with van der Waals surface area (Å²) >= 11 is 0. The van der Waals surface area contributed by atoms with Crippen LogP contribution in [-0.4, -0.2) is 16.5 Å². The Morgan fingerprint density at radius 2 is 1.94 bits per heavy atom. The van der Waals surface area contributed by atoms with Gasteiger partial charge in [-0.3, -0.25) is 0 Å². The minimum absolute atomic E-state index is 0.945. The zero-order valence-corrected chi connectivity index (χ0v) is 11.1. The minimum atomic E-state index is 0.945. The lowest BCUT2D eigenvalue weighted by molar-refractivity contribution is 0.345. The highest BCUT2D eigenvalue weighted by Crippen LogP contribution is 2.27. The van der Waals surface area contributed by atoms with Crippen LogP contribution < -0.4 is 5.32 Å². The third-order valence-electron chi connectivity index (χ3n) is 4.44. The Kier molecular flexibility index (Phi) is 3.77. The van der Waals surface area contributed by atoms with Crippen molar-refractivity contribution in [2.45, 2.75) is 57.8 Å². The summed E-state index contributed by atoms with van der Waals surface area (Å²) in [4.78, 5) is 8.78. The largest absolute Gasteiger partial charge is 0.370 e. The van der Waals surface area contributed by atoms with E-state index in [2.05, 4.69) is 15.3 Å². The molecule has 0 aromatic carbocycles. The van der Waals surface area contributed by atoms with Gasteiger partial charge in [-0.05, 0) is 31.6 Å². The van der Waals surface area contributed by atoms with Crippen molar-refractivity contribution in [1.82, 2.24) is 9.97 Å². The molecule has 0 spiro atoms. The summed E-state index contributed by atoms with van der Waals surface area (Å²) in [5, 5.41) is 3.54. The van der Waals surface area contributed by atoms with E-state index in [4.69, 9.17) is 0 Å². The van der Waals surface area contributed by atoms with Gasteiger partial charge in [-0.25, -0.2) is 9.97 Å². The molecule has 2 aliphatic rings. The van der Waals surface area contributed by atoms with Gasteiger partial charge in [0.05, 0.1) is 0 Å². The Morgan fingerprint density at radius 1 is 1.06 bits per heavy atom. The molecule has 1 fully saturated rings. The maximum Gasteiger partial charge on any atom is 0.132 e. The molecule has 0 unspecified atom stereocenters. The predicted octanol–water partition coefficient (Wildman–Crippen LogP) is 3.35. The number of nitrogens with one attached hydrogen (secondary N) is 1. The van der Waals surface area contributed by atoms with Crippen molar-refractivity contribution in [2.24, 2.45) is 5.92 Å². The van der Waals surface area contributed by atoms with E-state index in [0.717, 1.165) is 31.1 Å². The van der Waals surface area contributed by atoms with E-state index in [1.807, 2.05) is 0 Å². The quantitative estimate of drug-likeness (QED) is 0.884. The molecule has 3 nitrogen and oxygen atoms in total. The lowest BCUT2D eigenvalue weighted by atomic mass is 9.87. The van der Waals surface area contributed by atoms with Crippen molar-refractivity contribution in [2.75, 3.05) is 11.9 Å². The number of rotatable bonds is 4. The monoisotopic (exact) mass is 245 g/mol. The predicted molar refractivity (Wildman–Crippen MR) is 73.7 cm³/mol. The van der Waals surface area contributed by atoms with E-state index >= 15 is 0 Å². The van der Waals surface area contributed by atoms with Crippen molar-refractivity contribution in [3.8, 4) is 0 Å². The van der Waals surface area contributed by atoms with Crippen molar-refractivity contribution in [3.05, 3.63) is 17.6 Å². The second-order valence-electron chi connectivity index (χ2n) is 5.72. The summed E-state index contributed by atoms with van der Waals surface area (Å²) in [6.45, 7) is 1.08. The van der Waals surface area contributed by atoms with Gasteiger partial charge in [0.15, 0.2) is 0 Å². The van der Waals surface area contributed by atoms with Crippen LogP contribution >= 0.6 is 0 Å². The summed E-state index contributed by atoms with van der Waals surface area (Å²) in [5.41, 5.74) is 2.64. The van der Waals surface area contributed by atoms with Crippen LogP contribution in [0.2, 0.25) is 0 Å². The lowest BCUT2D eigenvalue weighted by Crippen LogP contribution is -2.13. The Hall–Kier alpha value is -1.12. The van der Waals surface area contributed by atoms with Crippen molar-refractivity contribution in [1.29, 1.82) is 0 Å².